The van der Waals surface area contributed by atoms with Crippen molar-refractivity contribution in [3.63, 3.8) is 0 Å². The van der Waals surface area contributed by atoms with Gasteiger partial charge in [-0.2, -0.15) is 0 Å². The molecule has 4 heteroatoms. The standard InChI is InChI=1S/C84H60B2O2/c1-83(2,3)53-41-65-61-45-59(75-55(49-25-11-7-12-26-49)33-23-34-56(75)50-27-13-8-14-28-50)63-48-70-78-62(66-42-54(84(4,5)6)44-74-82(66)86(70)68-38-20-22-40-72(68)88-74)46-60(76-57(51-29-15-9-16-30-51)35-24-36-58(76)52-31-17-10-18-32-52)64-47-69(77(61)79(63)80(64)78)85-67-37-19-21-39-71(67)87-73(43-53)81(65)85/h7-48H,1-6H3. The van der Waals surface area contributed by atoms with Crippen molar-refractivity contribution in [1.82, 2.24) is 0 Å². The minimum Gasteiger partial charge on any atom is -0.458 e. The lowest BCUT2D eigenvalue weighted by atomic mass is 9.31. The number of para-hydroxylation sites is 2. The van der Waals surface area contributed by atoms with Crippen molar-refractivity contribution >= 4 is 78.5 Å². The number of hydrogen-bond acceptors (Lipinski definition) is 2. The van der Waals surface area contributed by atoms with E-state index in [0.29, 0.717) is 0 Å². The summed E-state index contributed by atoms with van der Waals surface area (Å²) in [4.78, 5) is 0. The molecule has 0 amide bonds. The van der Waals surface area contributed by atoms with E-state index in [-0.39, 0.29) is 24.3 Å². The molecule has 0 fully saturated rings. The van der Waals surface area contributed by atoms with Crippen LogP contribution in [0.15, 0.2) is 255 Å². The van der Waals surface area contributed by atoms with Gasteiger partial charge in [0.05, 0.1) is 0 Å². The van der Waals surface area contributed by atoms with Gasteiger partial charge in [-0.05, 0) is 202 Å². The highest BCUT2D eigenvalue weighted by molar-refractivity contribution is 7.01. The fraction of sp³-hybridized carbons (Fsp3) is 0.0952. The average Bonchev–Trinajstić information content (AvgIpc) is 0.671. The molecule has 4 heterocycles. The fourth-order valence-electron chi connectivity index (χ4n) is 15.8. The number of fused-ring (bicyclic) bond motifs is 8. The Bertz CT molecular complexity index is 4820. The van der Waals surface area contributed by atoms with Crippen LogP contribution in [0.5, 0.6) is 23.0 Å². The van der Waals surface area contributed by atoms with E-state index in [1.807, 2.05) is 0 Å². The first-order valence-electron chi connectivity index (χ1n) is 31.2. The Morgan fingerprint density at radius 1 is 0.250 bits per heavy atom. The van der Waals surface area contributed by atoms with Crippen molar-refractivity contribution in [2.24, 2.45) is 0 Å². The molecule has 18 rings (SSSR count). The normalized spacial score (nSPS) is 13.2. The van der Waals surface area contributed by atoms with Gasteiger partial charge in [0, 0.05) is 0 Å². The van der Waals surface area contributed by atoms with Gasteiger partial charge in [0.2, 0.25) is 0 Å². The molecule has 4 aliphatic heterocycles. The summed E-state index contributed by atoms with van der Waals surface area (Å²) in [6.07, 6.45) is 0. The van der Waals surface area contributed by atoms with Crippen molar-refractivity contribution in [2.45, 2.75) is 52.4 Å². The molecule has 0 aliphatic carbocycles. The molecule has 88 heavy (non-hydrogen) atoms. The quantitative estimate of drug-likeness (QED) is 0.122. The molecule has 0 saturated carbocycles. The first-order valence-corrected chi connectivity index (χ1v) is 31.2. The Kier molecular flexibility index (Phi) is 10.8. The summed E-state index contributed by atoms with van der Waals surface area (Å²) in [5.74, 6) is 3.70. The Morgan fingerprint density at radius 3 is 0.920 bits per heavy atom. The van der Waals surface area contributed by atoms with Gasteiger partial charge < -0.3 is 9.47 Å². The molecule has 0 unspecified atom stereocenters. The van der Waals surface area contributed by atoms with E-state index in [1.165, 1.54) is 165 Å². The molecule has 0 radical (unpaired) electrons. The predicted octanol–water partition coefficient (Wildman–Crippen LogP) is 18.4. The van der Waals surface area contributed by atoms with Gasteiger partial charge in [0.1, 0.15) is 23.0 Å². The molecule has 0 atom stereocenters. The Balaban J connectivity index is 1.13. The van der Waals surface area contributed by atoms with Crippen molar-refractivity contribution in [3.8, 4) is 112 Å². The second kappa shape index (κ2) is 18.7. The molecule has 14 aromatic carbocycles. The van der Waals surface area contributed by atoms with Gasteiger partial charge in [0.15, 0.2) is 0 Å². The van der Waals surface area contributed by atoms with Crippen molar-refractivity contribution in [1.29, 1.82) is 0 Å². The summed E-state index contributed by atoms with van der Waals surface area (Å²) < 4.78 is 14.5. The summed E-state index contributed by atoms with van der Waals surface area (Å²) in [6, 6.07) is 96.2. The number of hydrogen-bond donors (Lipinski definition) is 0. The maximum absolute atomic E-state index is 7.27. The smallest absolute Gasteiger partial charge is 0.252 e. The number of rotatable bonds is 6. The lowest BCUT2D eigenvalue weighted by Crippen LogP contribution is -2.58. The van der Waals surface area contributed by atoms with Crippen LogP contribution in [-0.4, -0.2) is 13.4 Å². The van der Waals surface area contributed by atoms with Crippen molar-refractivity contribution in [3.05, 3.63) is 266 Å². The van der Waals surface area contributed by atoms with Crippen LogP contribution in [-0.2, 0) is 10.8 Å². The maximum atomic E-state index is 7.27. The molecule has 0 N–H and O–H groups in total. The van der Waals surface area contributed by atoms with Crippen LogP contribution in [0.1, 0.15) is 52.7 Å². The lowest BCUT2D eigenvalue weighted by molar-refractivity contribution is 0.483. The van der Waals surface area contributed by atoms with Crippen LogP contribution >= 0.6 is 0 Å². The highest BCUT2D eigenvalue weighted by Gasteiger charge is 2.45. The van der Waals surface area contributed by atoms with E-state index in [4.69, 9.17) is 9.47 Å². The van der Waals surface area contributed by atoms with E-state index in [0.717, 1.165) is 23.0 Å². The summed E-state index contributed by atoms with van der Waals surface area (Å²) in [5.41, 5.74) is 28.9. The minimum atomic E-state index is -0.175. The topological polar surface area (TPSA) is 18.5 Å². The molecule has 14 aromatic rings. The zero-order chi connectivity index (χ0) is 58.9. The average molecular weight is 1120 g/mol. The zero-order valence-corrected chi connectivity index (χ0v) is 50.2. The van der Waals surface area contributed by atoms with Crippen LogP contribution in [0.25, 0.3) is 121 Å². The molecular formula is C84H60B2O2. The van der Waals surface area contributed by atoms with E-state index in [9.17, 15) is 0 Å². The highest BCUT2D eigenvalue weighted by atomic mass is 16.5. The monoisotopic (exact) mass is 1120 g/mol. The minimum absolute atomic E-state index is 0.122. The Hall–Kier alpha value is -10.2. The number of ether oxygens (including phenoxy) is 2. The predicted molar refractivity (Wildman–Crippen MR) is 373 cm³/mol. The van der Waals surface area contributed by atoms with Gasteiger partial charge in [-0.1, -0.05) is 271 Å². The summed E-state index contributed by atoms with van der Waals surface area (Å²) in [7, 11) is 0. The van der Waals surface area contributed by atoms with Gasteiger partial charge in [-0.25, -0.2) is 0 Å². The molecule has 4 aliphatic rings. The van der Waals surface area contributed by atoms with E-state index in [2.05, 4.69) is 296 Å². The van der Waals surface area contributed by atoms with Gasteiger partial charge in [-0.3, -0.25) is 0 Å². The molecule has 414 valence electrons. The third-order valence-corrected chi connectivity index (χ3v) is 19.9. The molecule has 0 spiro atoms. The molecule has 0 aromatic heterocycles. The molecule has 0 bridgehead atoms. The highest BCUT2D eigenvalue weighted by Crippen LogP contribution is 2.55. The Labute approximate surface area is 515 Å². The third kappa shape index (κ3) is 7.39. The first kappa shape index (κ1) is 51.1. The van der Waals surface area contributed by atoms with Gasteiger partial charge in [0.25, 0.3) is 13.4 Å². The van der Waals surface area contributed by atoms with E-state index >= 15 is 0 Å². The summed E-state index contributed by atoms with van der Waals surface area (Å²) in [6.45, 7) is 13.8. The largest absolute Gasteiger partial charge is 0.458 e. The molecule has 2 nitrogen and oxygen atoms in total. The lowest BCUT2D eigenvalue weighted by Gasteiger charge is -2.38. The van der Waals surface area contributed by atoms with Gasteiger partial charge in [-0.15, -0.1) is 0 Å². The van der Waals surface area contributed by atoms with Crippen molar-refractivity contribution in [2.75, 3.05) is 0 Å². The maximum Gasteiger partial charge on any atom is 0.252 e. The second-order valence-electron chi connectivity index (χ2n) is 26.9. The second-order valence-corrected chi connectivity index (χ2v) is 26.9. The van der Waals surface area contributed by atoms with Crippen LogP contribution in [0, 0.1) is 0 Å². The molecule has 0 saturated heterocycles. The zero-order valence-electron chi connectivity index (χ0n) is 50.2. The Morgan fingerprint density at radius 2 is 0.580 bits per heavy atom. The molecular weight excluding hydrogens is 1060 g/mol. The first-order chi connectivity index (χ1) is 42.9. The fourth-order valence-corrected chi connectivity index (χ4v) is 15.8. The van der Waals surface area contributed by atoms with Crippen molar-refractivity contribution < 1.29 is 9.47 Å². The van der Waals surface area contributed by atoms with E-state index in [1.54, 1.807) is 0 Å². The SMILES string of the molecule is CC(C)(C)c1cc2c3c(c1)-c1cc(-c4c(-c5ccccc5)cccc4-c4ccccc4)c4cc5c6c(cc(-c7c(-c8ccccc8)cccc7-c7ccccc7)c7cc(c1c4c76)B3c1ccccc1O2)-c1cc(C(C)(C)C)cc2c1B5c1ccccc1O2. The summed E-state index contributed by atoms with van der Waals surface area (Å²) in [5, 5.41) is 7.71. The van der Waals surface area contributed by atoms with Gasteiger partial charge >= 0.3 is 0 Å². The van der Waals surface area contributed by atoms with E-state index < -0.39 is 0 Å². The third-order valence-electron chi connectivity index (χ3n) is 19.9. The van der Waals surface area contributed by atoms with Crippen LogP contribution in [0.4, 0.5) is 0 Å². The van der Waals surface area contributed by atoms with Crippen LogP contribution in [0.2, 0.25) is 0 Å². The van der Waals surface area contributed by atoms with Crippen LogP contribution < -0.4 is 42.3 Å². The number of benzene rings is 14. The summed E-state index contributed by atoms with van der Waals surface area (Å²) >= 11 is 0. The van der Waals surface area contributed by atoms with Crippen LogP contribution in [0.3, 0.4) is 0 Å².